The molecule has 4 nitrogen and oxygen atoms in total. The van der Waals surface area contributed by atoms with Crippen molar-refractivity contribution >= 4 is 5.91 Å². The fourth-order valence-electron chi connectivity index (χ4n) is 2.71. The Hall–Kier alpha value is -2.36. The van der Waals surface area contributed by atoms with Crippen LogP contribution in [0.3, 0.4) is 0 Å². The number of aromatic nitrogens is 1. The van der Waals surface area contributed by atoms with E-state index >= 15 is 0 Å². The zero-order valence-corrected chi connectivity index (χ0v) is 12.5. The molecule has 1 aromatic heterocycles. The Morgan fingerprint density at radius 1 is 1.18 bits per heavy atom. The quantitative estimate of drug-likeness (QED) is 0.852. The monoisotopic (exact) mass is 296 g/mol. The van der Waals surface area contributed by atoms with Gasteiger partial charge in [0, 0.05) is 31.8 Å². The summed E-state index contributed by atoms with van der Waals surface area (Å²) in [6.45, 7) is 1.46. The molecule has 0 unspecified atom stereocenters. The molecule has 114 valence electrons. The second-order valence-electron chi connectivity index (χ2n) is 5.54. The maximum Gasteiger partial charge on any atom is 0.223 e. The van der Waals surface area contributed by atoms with Gasteiger partial charge >= 0.3 is 0 Å². The van der Waals surface area contributed by atoms with Crippen molar-refractivity contribution in [3.05, 3.63) is 60.4 Å². The summed E-state index contributed by atoms with van der Waals surface area (Å²) < 4.78 is 5.88. The van der Waals surface area contributed by atoms with Crippen LogP contribution in [-0.2, 0) is 11.2 Å². The van der Waals surface area contributed by atoms with Crippen molar-refractivity contribution in [2.45, 2.75) is 25.4 Å². The lowest BCUT2D eigenvalue weighted by atomic mass is 10.1. The van der Waals surface area contributed by atoms with Crippen molar-refractivity contribution in [1.29, 1.82) is 0 Å². The summed E-state index contributed by atoms with van der Waals surface area (Å²) in [5, 5.41) is 0. The van der Waals surface area contributed by atoms with Gasteiger partial charge in [-0.25, -0.2) is 0 Å². The highest BCUT2D eigenvalue weighted by atomic mass is 16.5. The predicted octanol–water partition coefficient (Wildman–Crippen LogP) is 2.69. The highest BCUT2D eigenvalue weighted by Crippen LogP contribution is 2.18. The molecule has 0 bridgehead atoms. The summed E-state index contributed by atoms with van der Waals surface area (Å²) in [5.41, 5.74) is 1.21. The van der Waals surface area contributed by atoms with E-state index in [0.717, 1.165) is 25.1 Å². The van der Waals surface area contributed by atoms with Crippen LogP contribution in [0.5, 0.6) is 5.75 Å². The summed E-state index contributed by atoms with van der Waals surface area (Å²) in [4.78, 5) is 18.2. The van der Waals surface area contributed by atoms with Crippen molar-refractivity contribution in [2.24, 2.45) is 0 Å². The number of rotatable bonds is 5. The molecule has 1 aromatic carbocycles. The Morgan fingerprint density at radius 2 is 1.95 bits per heavy atom. The largest absolute Gasteiger partial charge is 0.488 e. The summed E-state index contributed by atoms with van der Waals surface area (Å²) in [5.74, 6) is 1.03. The van der Waals surface area contributed by atoms with Crippen LogP contribution in [0.2, 0.25) is 0 Å². The number of ether oxygens (including phenoxy) is 1. The van der Waals surface area contributed by atoms with Crippen LogP contribution in [0.25, 0.3) is 0 Å². The van der Waals surface area contributed by atoms with Crippen LogP contribution in [0.4, 0.5) is 0 Å². The number of likely N-dealkylation sites (tertiary alicyclic amines) is 1. The molecule has 2 aromatic rings. The molecule has 22 heavy (non-hydrogen) atoms. The molecule has 0 N–H and O–H groups in total. The molecule has 1 atom stereocenters. The van der Waals surface area contributed by atoms with Gasteiger partial charge in [0.2, 0.25) is 5.91 Å². The fourth-order valence-corrected chi connectivity index (χ4v) is 2.71. The maximum absolute atomic E-state index is 12.3. The minimum absolute atomic E-state index is 0.0862. The van der Waals surface area contributed by atoms with Crippen molar-refractivity contribution in [3.63, 3.8) is 0 Å². The van der Waals surface area contributed by atoms with Gasteiger partial charge in [-0.2, -0.15) is 0 Å². The van der Waals surface area contributed by atoms with Crippen LogP contribution >= 0.6 is 0 Å². The third-order valence-electron chi connectivity index (χ3n) is 3.92. The van der Waals surface area contributed by atoms with Gasteiger partial charge in [-0.05, 0) is 24.1 Å². The van der Waals surface area contributed by atoms with Crippen molar-refractivity contribution < 1.29 is 9.53 Å². The first-order chi connectivity index (χ1) is 10.8. The van der Waals surface area contributed by atoms with Gasteiger partial charge in [-0.3, -0.25) is 9.78 Å². The third-order valence-corrected chi connectivity index (χ3v) is 3.92. The minimum atomic E-state index is 0.0862. The third kappa shape index (κ3) is 3.85. The zero-order chi connectivity index (χ0) is 15.2. The van der Waals surface area contributed by atoms with E-state index in [-0.39, 0.29) is 12.0 Å². The SMILES string of the molecule is O=C(CCc1ccccc1)N1CC[C@H](Oc2ccncc2)C1. The molecule has 0 saturated carbocycles. The Labute approximate surface area is 130 Å². The first kappa shape index (κ1) is 14.6. The van der Waals surface area contributed by atoms with Gasteiger partial charge in [0.05, 0.1) is 6.54 Å². The highest BCUT2D eigenvalue weighted by Gasteiger charge is 2.27. The number of nitrogens with zero attached hydrogens (tertiary/aromatic N) is 2. The molecule has 0 aliphatic carbocycles. The first-order valence-electron chi connectivity index (χ1n) is 7.69. The summed E-state index contributed by atoms with van der Waals surface area (Å²) >= 11 is 0. The molecule has 4 heteroatoms. The van der Waals surface area contributed by atoms with Gasteiger partial charge in [0.1, 0.15) is 11.9 Å². The van der Waals surface area contributed by atoms with E-state index in [9.17, 15) is 4.79 Å². The zero-order valence-electron chi connectivity index (χ0n) is 12.5. The van der Waals surface area contributed by atoms with Crippen molar-refractivity contribution in [1.82, 2.24) is 9.88 Å². The van der Waals surface area contributed by atoms with Crippen LogP contribution in [0.15, 0.2) is 54.9 Å². The van der Waals surface area contributed by atoms with Crippen LogP contribution < -0.4 is 4.74 Å². The summed E-state index contributed by atoms with van der Waals surface area (Å²) in [7, 11) is 0. The lowest BCUT2D eigenvalue weighted by Crippen LogP contribution is -2.31. The number of hydrogen-bond acceptors (Lipinski definition) is 3. The van der Waals surface area contributed by atoms with Gasteiger partial charge in [0.15, 0.2) is 0 Å². The first-order valence-corrected chi connectivity index (χ1v) is 7.69. The van der Waals surface area contributed by atoms with Crippen LogP contribution in [-0.4, -0.2) is 35.0 Å². The number of carbonyl (C=O) groups excluding carboxylic acids is 1. The summed E-state index contributed by atoms with van der Waals surface area (Å²) in [6.07, 6.45) is 5.76. The number of pyridine rings is 1. The average molecular weight is 296 g/mol. The number of aryl methyl sites for hydroxylation is 1. The fraction of sp³-hybridized carbons (Fsp3) is 0.333. The minimum Gasteiger partial charge on any atom is -0.488 e. The number of benzene rings is 1. The van der Waals surface area contributed by atoms with Gasteiger partial charge < -0.3 is 9.64 Å². The second-order valence-corrected chi connectivity index (χ2v) is 5.54. The van der Waals surface area contributed by atoms with Crippen LogP contribution in [0.1, 0.15) is 18.4 Å². The van der Waals surface area contributed by atoms with E-state index < -0.39 is 0 Å². The average Bonchev–Trinajstić information content (AvgIpc) is 3.03. The molecule has 3 rings (SSSR count). The Kier molecular flexibility index (Phi) is 4.68. The molecule has 1 aliphatic rings. The van der Waals surface area contributed by atoms with Gasteiger partial charge in [0.25, 0.3) is 0 Å². The van der Waals surface area contributed by atoms with Crippen molar-refractivity contribution in [3.8, 4) is 5.75 Å². The van der Waals surface area contributed by atoms with Gasteiger partial charge in [-0.15, -0.1) is 0 Å². The van der Waals surface area contributed by atoms with E-state index in [1.54, 1.807) is 12.4 Å². The standard InChI is InChI=1S/C18H20N2O2/c21-18(7-6-15-4-2-1-3-5-15)20-13-10-17(14-20)22-16-8-11-19-12-9-16/h1-5,8-9,11-12,17H,6-7,10,13-14H2/t17-/m0/s1. The number of hydrogen-bond donors (Lipinski definition) is 0. The topological polar surface area (TPSA) is 42.4 Å². The second kappa shape index (κ2) is 7.07. The van der Waals surface area contributed by atoms with E-state index in [1.807, 2.05) is 35.2 Å². The van der Waals surface area contributed by atoms with Crippen LogP contribution in [0, 0.1) is 0 Å². The molecule has 2 heterocycles. The van der Waals surface area contributed by atoms with Crippen molar-refractivity contribution in [2.75, 3.05) is 13.1 Å². The number of amides is 1. The number of carbonyl (C=O) groups is 1. The molecule has 1 aliphatic heterocycles. The molecule has 1 saturated heterocycles. The molecular weight excluding hydrogens is 276 g/mol. The molecule has 0 spiro atoms. The highest BCUT2D eigenvalue weighted by molar-refractivity contribution is 5.76. The van der Waals surface area contributed by atoms with Gasteiger partial charge in [-0.1, -0.05) is 30.3 Å². The summed E-state index contributed by atoms with van der Waals surface area (Å²) in [6, 6.07) is 13.8. The Bertz CT molecular complexity index is 601. The molecule has 1 amide bonds. The lowest BCUT2D eigenvalue weighted by molar-refractivity contribution is -0.130. The van der Waals surface area contributed by atoms with E-state index in [1.165, 1.54) is 5.56 Å². The molecule has 0 radical (unpaired) electrons. The van der Waals surface area contributed by atoms with E-state index in [2.05, 4.69) is 17.1 Å². The molecular formula is C18H20N2O2. The molecule has 1 fully saturated rings. The lowest BCUT2D eigenvalue weighted by Gasteiger charge is -2.17. The maximum atomic E-state index is 12.3. The Morgan fingerprint density at radius 3 is 2.73 bits per heavy atom. The normalized spacial score (nSPS) is 17.5. The van der Waals surface area contributed by atoms with E-state index in [4.69, 9.17) is 4.74 Å². The smallest absolute Gasteiger partial charge is 0.223 e. The Balaban J connectivity index is 1.46. The van der Waals surface area contributed by atoms with E-state index in [0.29, 0.717) is 13.0 Å². The predicted molar refractivity (Wildman–Crippen MR) is 84.6 cm³/mol.